The zero-order chi connectivity index (χ0) is 34.5. The van der Waals surface area contributed by atoms with E-state index in [0.717, 1.165) is 32.4 Å². The fourth-order valence-electron chi connectivity index (χ4n) is 5.79. The predicted octanol–water partition coefficient (Wildman–Crippen LogP) is 4.05. The summed E-state index contributed by atoms with van der Waals surface area (Å²) in [7, 11) is 1.27. The second kappa shape index (κ2) is 18.7. The Hall–Kier alpha value is -5.34. The van der Waals surface area contributed by atoms with Crippen LogP contribution in [0.1, 0.15) is 62.6 Å². The first kappa shape index (κ1) is 38.8. The number of dihydropyridines is 1. The van der Waals surface area contributed by atoms with Gasteiger partial charge in [0.25, 0.3) is 5.69 Å². The van der Waals surface area contributed by atoms with Gasteiger partial charge in [-0.1, -0.05) is 42.5 Å². The lowest BCUT2D eigenvalue weighted by molar-refractivity contribution is -0.384. The molecule has 0 saturated carbocycles. The van der Waals surface area contributed by atoms with Crippen molar-refractivity contribution in [3.8, 4) is 0 Å². The highest BCUT2D eigenvalue weighted by Crippen LogP contribution is 2.42. The first-order valence-electron chi connectivity index (χ1n) is 15.1. The normalized spacial score (nSPS) is 16.6. The number of carboxylic acid groups (broad SMARTS) is 2. The third-order valence-electron chi connectivity index (χ3n) is 7.76. The quantitative estimate of drug-likeness (QED) is 0.126. The van der Waals surface area contributed by atoms with E-state index in [2.05, 4.69) is 22.3 Å². The third kappa shape index (κ3) is 10.3. The molecule has 14 nitrogen and oxygen atoms in total. The Kier molecular flexibility index (Phi) is 15.1. The number of carbonyl (C=O) groups is 4. The average molecular weight is 668 g/mol. The topological polar surface area (TPSA) is 217 Å². The fourth-order valence-corrected chi connectivity index (χ4v) is 5.79. The molecule has 14 heteroatoms. The number of rotatable bonds is 12. The summed E-state index contributed by atoms with van der Waals surface area (Å²) in [4.78, 5) is 59.2. The largest absolute Gasteiger partial charge is 0.478 e. The van der Waals surface area contributed by atoms with Crippen LogP contribution < -0.4 is 5.32 Å². The minimum absolute atomic E-state index is 0. The molecule has 2 aliphatic rings. The second-order valence-corrected chi connectivity index (χ2v) is 10.8. The van der Waals surface area contributed by atoms with Crippen LogP contribution in [-0.4, -0.2) is 76.2 Å². The van der Waals surface area contributed by atoms with Crippen molar-refractivity contribution in [2.75, 3.05) is 26.8 Å². The zero-order valence-electron chi connectivity index (χ0n) is 27.0. The summed E-state index contributed by atoms with van der Waals surface area (Å²) in [5.41, 5.74) is 3.22. The summed E-state index contributed by atoms with van der Waals surface area (Å²) in [6.45, 7) is 5.65. The van der Waals surface area contributed by atoms with Crippen molar-refractivity contribution in [1.82, 2.24) is 10.2 Å². The molecular weight excluding hydrogens is 626 g/mol. The SMILES string of the molecule is CCOC(=O)C1=C(CCC(c2ccccc2)N2CCCC2)NC(C)=C(C(=O)OC)C1c1cccc([N+](=O)[O-])c1.O.O=C(O)/C=C/C(=O)O. The minimum atomic E-state index is -1.26. The number of carboxylic acids is 2. The van der Waals surface area contributed by atoms with Gasteiger partial charge in [0.05, 0.1) is 35.7 Å². The Bertz CT molecular complexity index is 1540. The Labute approximate surface area is 277 Å². The lowest BCUT2D eigenvalue weighted by Gasteiger charge is -2.33. The number of nitrogens with zero attached hydrogens (tertiary/aromatic N) is 2. The van der Waals surface area contributed by atoms with Gasteiger partial charge >= 0.3 is 23.9 Å². The molecule has 0 bridgehead atoms. The van der Waals surface area contributed by atoms with Crippen LogP contribution in [0.2, 0.25) is 0 Å². The maximum atomic E-state index is 13.5. The number of ether oxygens (including phenoxy) is 2. The van der Waals surface area contributed by atoms with Gasteiger partial charge in [0, 0.05) is 41.7 Å². The zero-order valence-corrected chi connectivity index (χ0v) is 27.0. The van der Waals surface area contributed by atoms with Crippen molar-refractivity contribution in [2.24, 2.45) is 0 Å². The highest BCUT2D eigenvalue weighted by atomic mass is 16.6. The van der Waals surface area contributed by atoms with Crippen molar-refractivity contribution in [2.45, 2.75) is 51.5 Å². The molecule has 1 saturated heterocycles. The lowest BCUT2D eigenvalue weighted by Crippen LogP contribution is -2.34. The number of methoxy groups -OCH3 is 1. The average Bonchev–Trinajstić information content (AvgIpc) is 3.59. The maximum absolute atomic E-state index is 13.5. The van der Waals surface area contributed by atoms with Crippen LogP contribution in [0, 0.1) is 10.1 Å². The molecule has 4 rings (SSSR count). The summed E-state index contributed by atoms with van der Waals surface area (Å²) in [5, 5.41) is 30.5. The molecule has 0 aromatic heterocycles. The van der Waals surface area contributed by atoms with Crippen LogP contribution in [-0.2, 0) is 28.7 Å². The number of carbonyl (C=O) groups excluding carboxylic acids is 2. The van der Waals surface area contributed by atoms with Gasteiger partial charge in [-0.2, -0.15) is 0 Å². The molecule has 48 heavy (non-hydrogen) atoms. The first-order valence-corrected chi connectivity index (χ1v) is 15.1. The van der Waals surface area contributed by atoms with E-state index in [1.807, 2.05) is 18.2 Å². The van der Waals surface area contributed by atoms with E-state index in [9.17, 15) is 29.3 Å². The monoisotopic (exact) mass is 667 g/mol. The number of nitro benzene ring substituents is 1. The molecular formula is C34H41N3O11. The lowest BCUT2D eigenvalue weighted by atomic mass is 9.79. The Morgan fingerprint density at radius 2 is 1.62 bits per heavy atom. The standard InChI is InChI=1S/C30H35N3O6.C4H4O4.H2O/c1-4-39-30(35)28-24(15-16-25(32-17-8-9-18-32)21-11-6-5-7-12-21)31-20(2)26(29(34)38-3)27(28)22-13-10-14-23(19-22)33(36)37;5-3(6)1-2-4(7)8;/h5-7,10-14,19,25,27,31H,4,8-9,15-18H2,1-3H3;1-2H,(H,5,6)(H,7,8);1H2/b;2-1+;. The predicted molar refractivity (Wildman–Crippen MR) is 175 cm³/mol. The summed E-state index contributed by atoms with van der Waals surface area (Å²) in [5.74, 6) is -4.58. The Balaban J connectivity index is 0.000000791. The fraction of sp³-hybridized carbons (Fsp3) is 0.353. The van der Waals surface area contributed by atoms with E-state index in [4.69, 9.17) is 19.7 Å². The number of allylic oxidation sites excluding steroid dienone is 2. The molecule has 1 fully saturated rings. The summed E-state index contributed by atoms with van der Waals surface area (Å²) < 4.78 is 10.6. The van der Waals surface area contributed by atoms with Crippen LogP contribution >= 0.6 is 0 Å². The molecule has 0 spiro atoms. The molecule has 2 unspecified atom stereocenters. The number of non-ortho nitro benzene ring substituents is 1. The van der Waals surface area contributed by atoms with Crippen molar-refractivity contribution in [1.29, 1.82) is 0 Å². The molecule has 5 N–H and O–H groups in total. The molecule has 2 aromatic carbocycles. The van der Waals surface area contributed by atoms with Crippen LogP contribution in [0.15, 0.2) is 89.3 Å². The van der Waals surface area contributed by atoms with Crippen molar-refractivity contribution in [3.05, 3.63) is 111 Å². The maximum Gasteiger partial charge on any atom is 0.336 e. The first-order chi connectivity index (χ1) is 22.5. The van der Waals surface area contributed by atoms with E-state index >= 15 is 0 Å². The molecule has 0 radical (unpaired) electrons. The summed E-state index contributed by atoms with van der Waals surface area (Å²) in [6.07, 6.45) is 4.67. The number of nitrogens with one attached hydrogen (secondary N) is 1. The van der Waals surface area contributed by atoms with Crippen molar-refractivity contribution in [3.63, 3.8) is 0 Å². The summed E-state index contributed by atoms with van der Waals surface area (Å²) in [6, 6.07) is 16.5. The van der Waals surface area contributed by atoms with E-state index in [-0.39, 0.29) is 35.0 Å². The number of likely N-dealkylation sites (tertiary alicyclic amines) is 1. The minimum Gasteiger partial charge on any atom is -0.478 e. The third-order valence-corrected chi connectivity index (χ3v) is 7.76. The van der Waals surface area contributed by atoms with Crippen LogP contribution in [0.4, 0.5) is 5.69 Å². The number of hydrogen-bond donors (Lipinski definition) is 3. The van der Waals surface area contributed by atoms with Gasteiger partial charge in [-0.05, 0) is 63.7 Å². The molecule has 258 valence electrons. The van der Waals surface area contributed by atoms with Gasteiger partial charge in [-0.25, -0.2) is 19.2 Å². The van der Waals surface area contributed by atoms with E-state index in [1.54, 1.807) is 26.0 Å². The van der Waals surface area contributed by atoms with Gasteiger partial charge in [-0.15, -0.1) is 0 Å². The highest BCUT2D eigenvalue weighted by Gasteiger charge is 2.39. The van der Waals surface area contributed by atoms with Gasteiger partial charge in [-0.3, -0.25) is 15.0 Å². The summed E-state index contributed by atoms with van der Waals surface area (Å²) >= 11 is 0. The van der Waals surface area contributed by atoms with Gasteiger partial charge in [0.15, 0.2) is 0 Å². The molecule has 0 aliphatic carbocycles. The Morgan fingerprint density at radius 3 is 2.17 bits per heavy atom. The van der Waals surface area contributed by atoms with Crippen LogP contribution in [0.3, 0.4) is 0 Å². The molecule has 2 heterocycles. The van der Waals surface area contributed by atoms with Crippen molar-refractivity contribution < 1.29 is 49.3 Å². The van der Waals surface area contributed by atoms with Gasteiger partial charge in [0.1, 0.15) is 0 Å². The van der Waals surface area contributed by atoms with Crippen molar-refractivity contribution >= 4 is 29.6 Å². The molecule has 2 atom stereocenters. The van der Waals surface area contributed by atoms with E-state index < -0.39 is 34.7 Å². The number of aliphatic carboxylic acids is 2. The highest BCUT2D eigenvalue weighted by molar-refractivity contribution is 6.00. The van der Waals surface area contributed by atoms with Crippen LogP contribution in [0.25, 0.3) is 0 Å². The van der Waals surface area contributed by atoms with E-state index in [1.165, 1.54) is 24.8 Å². The molecule has 0 amide bonds. The van der Waals surface area contributed by atoms with Crippen LogP contribution in [0.5, 0.6) is 0 Å². The molecule has 2 aromatic rings. The Morgan fingerprint density at radius 1 is 1.00 bits per heavy atom. The second-order valence-electron chi connectivity index (χ2n) is 10.8. The van der Waals surface area contributed by atoms with E-state index in [0.29, 0.717) is 35.5 Å². The number of esters is 2. The van der Waals surface area contributed by atoms with Gasteiger partial charge in [0.2, 0.25) is 0 Å². The number of benzene rings is 2. The molecule has 2 aliphatic heterocycles. The van der Waals surface area contributed by atoms with Gasteiger partial charge < -0.3 is 30.5 Å². The smallest absolute Gasteiger partial charge is 0.336 e. The number of nitro groups is 1. The number of hydrogen-bond acceptors (Lipinski definition) is 10.